The third kappa shape index (κ3) is 2.19. The average molecular weight is 249 g/mol. The molecule has 1 aromatic rings. The molecule has 0 radical (unpaired) electrons. The molecule has 2 saturated heterocycles. The van der Waals surface area contributed by atoms with Gasteiger partial charge in [-0.05, 0) is 39.2 Å². The molecule has 0 bridgehead atoms. The van der Waals surface area contributed by atoms with Gasteiger partial charge in [-0.15, -0.1) is 0 Å². The van der Waals surface area contributed by atoms with Gasteiger partial charge >= 0.3 is 0 Å². The first-order valence-electron chi connectivity index (χ1n) is 7.09. The van der Waals surface area contributed by atoms with Gasteiger partial charge in [0.15, 0.2) is 0 Å². The van der Waals surface area contributed by atoms with Gasteiger partial charge in [0, 0.05) is 32.5 Å². The van der Waals surface area contributed by atoms with Gasteiger partial charge in [-0.3, -0.25) is 4.90 Å². The second-order valence-electron chi connectivity index (χ2n) is 5.59. The predicted molar refractivity (Wildman–Crippen MR) is 70.5 cm³/mol. The van der Waals surface area contributed by atoms with Crippen LogP contribution < -0.4 is 0 Å². The zero-order chi connectivity index (χ0) is 12.5. The molecule has 1 aromatic heterocycles. The van der Waals surface area contributed by atoms with E-state index in [0.717, 1.165) is 18.9 Å². The number of aryl methyl sites for hydroxylation is 2. The Bertz CT molecular complexity index is 409. The third-order valence-corrected chi connectivity index (χ3v) is 4.28. The molecule has 0 saturated carbocycles. The number of ether oxygens (including phenoxy) is 1. The smallest absolute Gasteiger partial charge is 0.126 e. The number of imidazole rings is 1. The highest BCUT2D eigenvalue weighted by Crippen LogP contribution is 2.35. The van der Waals surface area contributed by atoms with Crippen LogP contribution in [0.2, 0.25) is 0 Å². The van der Waals surface area contributed by atoms with Gasteiger partial charge in [-0.1, -0.05) is 0 Å². The fourth-order valence-electron chi connectivity index (χ4n) is 3.46. The van der Waals surface area contributed by atoms with Crippen molar-refractivity contribution in [3.8, 4) is 0 Å². The van der Waals surface area contributed by atoms with Crippen LogP contribution in [0.3, 0.4) is 0 Å². The maximum atomic E-state index is 5.48. The van der Waals surface area contributed by atoms with E-state index in [2.05, 4.69) is 29.6 Å². The van der Waals surface area contributed by atoms with E-state index in [1.807, 2.05) is 0 Å². The summed E-state index contributed by atoms with van der Waals surface area (Å²) in [4.78, 5) is 7.40. The van der Waals surface area contributed by atoms with Crippen LogP contribution in [0.15, 0.2) is 6.20 Å². The van der Waals surface area contributed by atoms with Crippen LogP contribution in [0.4, 0.5) is 0 Å². The van der Waals surface area contributed by atoms with Gasteiger partial charge in [0.2, 0.25) is 0 Å². The van der Waals surface area contributed by atoms with E-state index in [4.69, 9.17) is 9.72 Å². The quantitative estimate of drug-likeness (QED) is 0.803. The SMILES string of the molecule is Cc1cn(C)c([C@@H]2CCCN2C2CCOCC2)n1. The Kier molecular flexibility index (Phi) is 3.39. The molecule has 0 spiro atoms. The Morgan fingerprint density at radius 3 is 2.72 bits per heavy atom. The Morgan fingerprint density at radius 2 is 2.06 bits per heavy atom. The van der Waals surface area contributed by atoms with Gasteiger partial charge in [0.1, 0.15) is 5.82 Å². The second kappa shape index (κ2) is 5.02. The van der Waals surface area contributed by atoms with Crippen LogP contribution in [-0.2, 0) is 11.8 Å². The molecule has 2 aliphatic rings. The summed E-state index contributed by atoms with van der Waals surface area (Å²) in [6.45, 7) is 5.15. The van der Waals surface area contributed by atoms with E-state index in [1.54, 1.807) is 0 Å². The van der Waals surface area contributed by atoms with Crippen LogP contribution in [0.5, 0.6) is 0 Å². The summed E-state index contributed by atoms with van der Waals surface area (Å²) >= 11 is 0. The van der Waals surface area contributed by atoms with E-state index in [-0.39, 0.29) is 0 Å². The predicted octanol–water partition coefficient (Wildman–Crippen LogP) is 2.04. The summed E-state index contributed by atoms with van der Waals surface area (Å²) in [5, 5.41) is 0. The molecule has 2 aliphatic heterocycles. The van der Waals surface area contributed by atoms with Crippen LogP contribution in [0.1, 0.15) is 43.2 Å². The Hall–Kier alpha value is -0.870. The second-order valence-corrected chi connectivity index (χ2v) is 5.59. The van der Waals surface area contributed by atoms with Crippen molar-refractivity contribution in [2.45, 2.75) is 44.7 Å². The minimum Gasteiger partial charge on any atom is -0.381 e. The molecular formula is C14H23N3O. The molecule has 0 aromatic carbocycles. The van der Waals surface area contributed by atoms with Crippen LogP contribution in [0.25, 0.3) is 0 Å². The molecule has 18 heavy (non-hydrogen) atoms. The van der Waals surface area contributed by atoms with Crippen LogP contribution in [-0.4, -0.2) is 40.3 Å². The van der Waals surface area contributed by atoms with Crippen molar-refractivity contribution >= 4 is 0 Å². The molecule has 0 amide bonds. The van der Waals surface area contributed by atoms with E-state index >= 15 is 0 Å². The summed E-state index contributed by atoms with van der Waals surface area (Å²) in [5.74, 6) is 1.25. The van der Waals surface area contributed by atoms with E-state index in [1.165, 1.54) is 38.1 Å². The first kappa shape index (κ1) is 12.2. The Morgan fingerprint density at radius 1 is 1.28 bits per heavy atom. The lowest BCUT2D eigenvalue weighted by molar-refractivity contribution is 0.0275. The van der Waals surface area contributed by atoms with Gasteiger partial charge in [0.25, 0.3) is 0 Å². The Balaban J connectivity index is 1.80. The Labute approximate surface area is 109 Å². The molecule has 0 N–H and O–H groups in total. The number of aromatic nitrogens is 2. The molecule has 2 fully saturated rings. The van der Waals surface area contributed by atoms with Crippen LogP contribution >= 0.6 is 0 Å². The van der Waals surface area contributed by atoms with E-state index < -0.39 is 0 Å². The molecule has 3 heterocycles. The zero-order valence-electron chi connectivity index (χ0n) is 11.4. The maximum absolute atomic E-state index is 5.48. The van der Waals surface area contributed by atoms with Crippen molar-refractivity contribution in [1.82, 2.24) is 14.5 Å². The largest absolute Gasteiger partial charge is 0.381 e. The summed E-state index contributed by atoms with van der Waals surface area (Å²) in [5.41, 5.74) is 1.13. The van der Waals surface area contributed by atoms with Crippen molar-refractivity contribution in [2.24, 2.45) is 7.05 Å². The number of hydrogen-bond donors (Lipinski definition) is 0. The molecule has 100 valence electrons. The molecular weight excluding hydrogens is 226 g/mol. The van der Waals surface area contributed by atoms with Crippen molar-refractivity contribution in [3.63, 3.8) is 0 Å². The number of likely N-dealkylation sites (tertiary alicyclic amines) is 1. The zero-order valence-corrected chi connectivity index (χ0v) is 11.4. The summed E-state index contributed by atoms with van der Waals surface area (Å²) in [7, 11) is 2.12. The lowest BCUT2D eigenvalue weighted by atomic mass is 10.1. The van der Waals surface area contributed by atoms with E-state index in [0.29, 0.717) is 12.1 Å². The molecule has 4 heteroatoms. The van der Waals surface area contributed by atoms with Crippen LogP contribution in [0, 0.1) is 6.92 Å². The van der Waals surface area contributed by atoms with Gasteiger partial charge < -0.3 is 9.30 Å². The summed E-state index contributed by atoms with van der Waals surface area (Å²) in [6, 6.07) is 1.22. The molecule has 1 atom stereocenters. The molecule has 4 nitrogen and oxygen atoms in total. The lowest BCUT2D eigenvalue weighted by Gasteiger charge is -2.35. The first-order valence-corrected chi connectivity index (χ1v) is 7.09. The fourth-order valence-corrected chi connectivity index (χ4v) is 3.46. The standard InChI is InChI=1S/C14H23N3O/c1-11-10-16(2)14(15-11)13-4-3-7-17(13)12-5-8-18-9-6-12/h10,12-13H,3-9H2,1-2H3/t13-/m0/s1. The highest BCUT2D eigenvalue weighted by Gasteiger charge is 2.34. The van der Waals surface area contributed by atoms with Crippen molar-refractivity contribution in [3.05, 3.63) is 17.7 Å². The minimum absolute atomic E-state index is 0.520. The van der Waals surface area contributed by atoms with Crippen molar-refractivity contribution < 1.29 is 4.74 Å². The lowest BCUT2D eigenvalue weighted by Crippen LogP contribution is -2.39. The maximum Gasteiger partial charge on any atom is 0.126 e. The topological polar surface area (TPSA) is 30.3 Å². The first-order chi connectivity index (χ1) is 8.75. The summed E-state index contributed by atoms with van der Waals surface area (Å²) in [6.07, 6.45) is 7.05. The average Bonchev–Trinajstić information content (AvgIpc) is 2.96. The number of hydrogen-bond acceptors (Lipinski definition) is 3. The van der Waals surface area contributed by atoms with Crippen molar-refractivity contribution in [1.29, 1.82) is 0 Å². The summed E-state index contributed by atoms with van der Waals surface area (Å²) < 4.78 is 7.69. The molecule has 3 rings (SSSR count). The monoisotopic (exact) mass is 249 g/mol. The highest BCUT2D eigenvalue weighted by atomic mass is 16.5. The normalized spacial score (nSPS) is 26.9. The van der Waals surface area contributed by atoms with Crippen molar-refractivity contribution in [2.75, 3.05) is 19.8 Å². The number of rotatable bonds is 2. The number of nitrogens with zero attached hydrogens (tertiary/aromatic N) is 3. The minimum atomic E-state index is 0.520. The highest BCUT2D eigenvalue weighted by molar-refractivity contribution is 5.08. The fraction of sp³-hybridized carbons (Fsp3) is 0.786. The van der Waals surface area contributed by atoms with Gasteiger partial charge in [0.05, 0.1) is 11.7 Å². The molecule has 0 unspecified atom stereocenters. The molecule has 0 aliphatic carbocycles. The van der Waals surface area contributed by atoms with Gasteiger partial charge in [-0.25, -0.2) is 4.98 Å². The third-order valence-electron chi connectivity index (χ3n) is 4.28. The van der Waals surface area contributed by atoms with Gasteiger partial charge in [-0.2, -0.15) is 0 Å². The van der Waals surface area contributed by atoms with E-state index in [9.17, 15) is 0 Å².